The summed E-state index contributed by atoms with van der Waals surface area (Å²) in [5.41, 5.74) is 2.35. The van der Waals surface area contributed by atoms with Crippen LogP contribution in [0.25, 0.3) is 10.9 Å². The van der Waals surface area contributed by atoms with Gasteiger partial charge in [0.15, 0.2) is 0 Å². The molecule has 5 rings (SSSR count). The predicted molar refractivity (Wildman–Crippen MR) is 108 cm³/mol. The Hall–Kier alpha value is -3.00. The Balaban J connectivity index is 1.42. The van der Waals surface area contributed by atoms with Gasteiger partial charge in [0.05, 0.1) is 37.2 Å². The van der Waals surface area contributed by atoms with Crippen LogP contribution < -0.4 is 4.90 Å². The van der Waals surface area contributed by atoms with Gasteiger partial charge >= 0.3 is 6.09 Å². The van der Waals surface area contributed by atoms with E-state index in [1.807, 2.05) is 36.7 Å². The van der Waals surface area contributed by atoms with Gasteiger partial charge in [-0.3, -0.25) is 14.4 Å². The van der Waals surface area contributed by atoms with Crippen LogP contribution in [0.2, 0.25) is 5.02 Å². The third-order valence-corrected chi connectivity index (χ3v) is 5.60. The minimum Gasteiger partial charge on any atom is -0.441 e. The van der Waals surface area contributed by atoms with Gasteiger partial charge in [-0.1, -0.05) is 11.6 Å². The second kappa shape index (κ2) is 6.25. The SMILES string of the molecule is CC1(C)CN(c2cnn3c2CN(C(=O)c2cc4cc(Cl)ccc4[nH]2)CC3)C(=O)O1. The van der Waals surface area contributed by atoms with Crippen LogP contribution in [0.4, 0.5) is 10.5 Å². The summed E-state index contributed by atoms with van der Waals surface area (Å²) in [7, 11) is 0. The van der Waals surface area contributed by atoms with Gasteiger partial charge in [0, 0.05) is 22.5 Å². The molecule has 0 radical (unpaired) electrons. The van der Waals surface area contributed by atoms with Crippen molar-refractivity contribution >= 4 is 40.2 Å². The van der Waals surface area contributed by atoms with Crippen molar-refractivity contribution in [2.45, 2.75) is 32.5 Å². The fraction of sp³-hybridized carbons (Fsp3) is 0.350. The molecule has 0 unspecified atom stereocenters. The predicted octanol–water partition coefficient (Wildman–Crippen LogP) is 3.41. The highest BCUT2D eigenvalue weighted by atomic mass is 35.5. The number of nitrogens with one attached hydrogen (secondary N) is 1. The quantitative estimate of drug-likeness (QED) is 0.697. The van der Waals surface area contributed by atoms with E-state index in [2.05, 4.69) is 10.1 Å². The number of ether oxygens (including phenoxy) is 1. The van der Waals surface area contributed by atoms with Gasteiger partial charge in [-0.25, -0.2) is 4.79 Å². The molecule has 0 aliphatic carbocycles. The first-order valence-corrected chi connectivity index (χ1v) is 9.81. The van der Waals surface area contributed by atoms with E-state index in [4.69, 9.17) is 16.3 Å². The molecule has 2 aliphatic heterocycles. The highest BCUT2D eigenvalue weighted by molar-refractivity contribution is 6.31. The summed E-state index contributed by atoms with van der Waals surface area (Å²) < 4.78 is 7.27. The zero-order valence-electron chi connectivity index (χ0n) is 16.1. The Bertz CT molecular complexity index is 1150. The number of anilines is 1. The maximum Gasteiger partial charge on any atom is 0.415 e. The number of hydrogen-bond donors (Lipinski definition) is 1. The van der Waals surface area contributed by atoms with Crippen LogP contribution in [0, 0.1) is 0 Å². The number of carbonyl (C=O) groups excluding carboxylic acids is 2. The molecule has 3 aromatic rings. The van der Waals surface area contributed by atoms with Crippen molar-refractivity contribution in [1.82, 2.24) is 19.7 Å². The van der Waals surface area contributed by atoms with E-state index >= 15 is 0 Å². The van der Waals surface area contributed by atoms with E-state index in [0.717, 1.165) is 16.6 Å². The maximum absolute atomic E-state index is 13.1. The normalized spacial score (nSPS) is 18.2. The van der Waals surface area contributed by atoms with Crippen LogP contribution >= 0.6 is 11.6 Å². The van der Waals surface area contributed by atoms with Crippen molar-refractivity contribution in [1.29, 1.82) is 0 Å². The van der Waals surface area contributed by atoms with Gasteiger partial charge in [0.1, 0.15) is 11.3 Å². The molecule has 0 spiro atoms. The molecule has 4 heterocycles. The lowest BCUT2D eigenvalue weighted by molar-refractivity contribution is 0.0701. The van der Waals surface area contributed by atoms with E-state index in [1.54, 1.807) is 22.1 Å². The lowest BCUT2D eigenvalue weighted by atomic mass is 10.1. The largest absolute Gasteiger partial charge is 0.441 e. The molecule has 150 valence electrons. The first kappa shape index (κ1) is 18.1. The zero-order chi connectivity index (χ0) is 20.3. The van der Waals surface area contributed by atoms with E-state index < -0.39 is 5.60 Å². The molecular formula is C20H20ClN5O3. The molecule has 1 N–H and O–H groups in total. The number of hydrogen-bond acceptors (Lipinski definition) is 4. The molecule has 9 heteroatoms. The maximum atomic E-state index is 13.1. The Kier molecular flexibility index (Phi) is 3.89. The molecular weight excluding hydrogens is 394 g/mol. The first-order chi connectivity index (χ1) is 13.8. The smallest absolute Gasteiger partial charge is 0.415 e. The summed E-state index contributed by atoms with van der Waals surface area (Å²) in [6.07, 6.45) is 1.29. The van der Waals surface area contributed by atoms with Gasteiger partial charge in [0.2, 0.25) is 0 Å². The molecule has 1 saturated heterocycles. The van der Waals surface area contributed by atoms with Crippen LogP contribution in [-0.2, 0) is 17.8 Å². The highest BCUT2D eigenvalue weighted by Gasteiger charge is 2.40. The lowest BCUT2D eigenvalue weighted by Gasteiger charge is -2.29. The van der Waals surface area contributed by atoms with Crippen LogP contribution in [0.3, 0.4) is 0 Å². The van der Waals surface area contributed by atoms with Crippen LogP contribution in [0.15, 0.2) is 30.5 Å². The molecule has 29 heavy (non-hydrogen) atoms. The molecule has 1 aromatic carbocycles. The number of aromatic amines is 1. The molecule has 0 saturated carbocycles. The summed E-state index contributed by atoms with van der Waals surface area (Å²) in [6.45, 7) is 5.67. The number of carbonyl (C=O) groups is 2. The Morgan fingerprint density at radius 3 is 2.86 bits per heavy atom. The van der Waals surface area contributed by atoms with Crippen molar-refractivity contribution in [3.8, 4) is 0 Å². The second-order valence-corrected chi connectivity index (χ2v) is 8.49. The van der Waals surface area contributed by atoms with Crippen molar-refractivity contribution < 1.29 is 14.3 Å². The molecule has 0 bridgehead atoms. The fourth-order valence-corrected chi connectivity index (χ4v) is 4.15. The highest BCUT2D eigenvalue weighted by Crippen LogP contribution is 2.32. The zero-order valence-corrected chi connectivity index (χ0v) is 16.9. The van der Waals surface area contributed by atoms with E-state index in [1.165, 1.54) is 0 Å². The Morgan fingerprint density at radius 1 is 1.28 bits per heavy atom. The van der Waals surface area contributed by atoms with Gasteiger partial charge in [-0.15, -0.1) is 0 Å². The molecule has 2 aromatic heterocycles. The molecule has 8 nitrogen and oxygen atoms in total. The number of fused-ring (bicyclic) bond motifs is 2. The van der Waals surface area contributed by atoms with Crippen LogP contribution in [0.5, 0.6) is 0 Å². The third-order valence-electron chi connectivity index (χ3n) is 5.36. The number of halogens is 1. The van der Waals surface area contributed by atoms with Crippen molar-refractivity contribution in [3.63, 3.8) is 0 Å². The van der Waals surface area contributed by atoms with Gasteiger partial charge < -0.3 is 14.6 Å². The second-order valence-electron chi connectivity index (χ2n) is 8.05. The van der Waals surface area contributed by atoms with E-state index in [9.17, 15) is 9.59 Å². The van der Waals surface area contributed by atoms with Crippen molar-refractivity contribution in [2.75, 3.05) is 18.0 Å². The Labute approximate surface area is 172 Å². The summed E-state index contributed by atoms with van der Waals surface area (Å²) >= 11 is 6.05. The first-order valence-electron chi connectivity index (χ1n) is 9.43. The summed E-state index contributed by atoms with van der Waals surface area (Å²) in [5, 5.41) is 5.92. The Morgan fingerprint density at radius 2 is 2.10 bits per heavy atom. The summed E-state index contributed by atoms with van der Waals surface area (Å²) in [4.78, 5) is 31.9. The standard InChI is InChI=1S/C20H20ClN5O3/c1-20(2)11-25(19(28)29-20)16-9-22-26-6-5-24(10-17(16)26)18(27)15-8-12-7-13(21)3-4-14(12)23-15/h3-4,7-9,23H,5-6,10-11H2,1-2H3. The van der Waals surface area contributed by atoms with Crippen LogP contribution in [-0.4, -0.2) is 50.4 Å². The molecule has 0 atom stereocenters. The van der Waals surface area contributed by atoms with Crippen molar-refractivity contribution in [2.24, 2.45) is 0 Å². The number of cyclic esters (lactones) is 1. The van der Waals surface area contributed by atoms with Gasteiger partial charge in [-0.2, -0.15) is 5.10 Å². The number of aromatic nitrogens is 3. The van der Waals surface area contributed by atoms with E-state index in [0.29, 0.717) is 42.6 Å². The minimum absolute atomic E-state index is 0.0972. The van der Waals surface area contributed by atoms with Crippen LogP contribution in [0.1, 0.15) is 30.0 Å². The molecule has 1 fully saturated rings. The minimum atomic E-state index is -0.554. The molecule has 2 aliphatic rings. The number of rotatable bonds is 2. The van der Waals surface area contributed by atoms with Gasteiger partial charge in [0.25, 0.3) is 5.91 Å². The van der Waals surface area contributed by atoms with Crippen molar-refractivity contribution in [3.05, 3.63) is 46.9 Å². The average molecular weight is 414 g/mol. The average Bonchev–Trinajstić information content (AvgIpc) is 3.34. The van der Waals surface area contributed by atoms with Gasteiger partial charge in [-0.05, 0) is 38.1 Å². The van der Waals surface area contributed by atoms with E-state index in [-0.39, 0.29) is 12.0 Å². The number of nitrogens with zero attached hydrogens (tertiary/aromatic N) is 4. The summed E-state index contributed by atoms with van der Waals surface area (Å²) in [6, 6.07) is 7.29. The third kappa shape index (κ3) is 3.04. The lowest BCUT2D eigenvalue weighted by Crippen LogP contribution is -2.39. The monoisotopic (exact) mass is 413 g/mol. The topological polar surface area (TPSA) is 83.5 Å². The fourth-order valence-electron chi connectivity index (χ4n) is 3.97. The summed E-state index contributed by atoms with van der Waals surface area (Å²) in [5.74, 6) is -0.0972. The number of H-pyrrole nitrogens is 1. The molecule has 2 amide bonds. The number of amides is 2. The number of benzene rings is 1.